The van der Waals surface area contributed by atoms with E-state index in [0.717, 1.165) is 6.42 Å². The Kier molecular flexibility index (Phi) is 6.45. The lowest BCUT2D eigenvalue weighted by atomic mass is 9.98. The van der Waals surface area contributed by atoms with E-state index >= 15 is 0 Å². The van der Waals surface area contributed by atoms with Crippen molar-refractivity contribution in [2.75, 3.05) is 0 Å². The van der Waals surface area contributed by atoms with Crippen LogP contribution in [-0.2, 0) is 0 Å². The van der Waals surface area contributed by atoms with Gasteiger partial charge in [-0.15, -0.1) is 0 Å². The summed E-state index contributed by atoms with van der Waals surface area (Å²) < 4.78 is 0. The fourth-order valence-corrected chi connectivity index (χ4v) is 0.984. The Balaban J connectivity index is 4.22. The highest BCUT2D eigenvalue weighted by molar-refractivity contribution is 5.23. The third-order valence-corrected chi connectivity index (χ3v) is 2.08. The lowest BCUT2D eigenvalue weighted by Crippen LogP contribution is -1.93. The molecule has 0 nitrogen and oxygen atoms in total. The van der Waals surface area contributed by atoms with E-state index < -0.39 is 0 Å². The summed E-state index contributed by atoms with van der Waals surface area (Å²) in [6.07, 6.45) is 10.7. The summed E-state index contributed by atoms with van der Waals surface area (Å²) in [5, 5.41) is 0. The molecule has 0 aromatic heterocycles. The lowest BCUT2D eigenvalue weighted by molar-refractivity contribution is 0.671. The zero-order valence-corrected chi connectivity index (χ0v) is 8.51. The zero-order chi connectivity index (χ0) is 9.40. The summed E-state index contributed by atoms with van der Waals surface area (Å²) in [6.45, 7) is 10.4. The lowest BCUT2D eigenvalue weighted by Gasteiger charge is -2.07. The third-order valence-electron chi connectivity index (χ3n) is 2.08. The molecule has 0 heterocycles. The minimum absolute atomic E-state index is 0.629. The largest absolute Gasteiger partial charge is 0.0988 e. The van der Waals surface area contributed by atoms with E-state index in [1.54, 1.807) is 0 Å². The van der Waals surface area contributed by atoms with Crippen molar-refractivity contribution in [1.29, 1.82) is 0 Å². The van der Waals surface area contributed by atoms with Crippen LogP contribution in [0.1, 0.15) is 33.6 Å². The van der Waals surface area contributed by atoms with Gasteiger partial charge < -0.3 is 0 Å². The van der Waals surface area contributed by atoms with Gasteiger partial charge in [-0.05, 0) is 24.3 Å². The Morgan fingerprint density at radius 2 is 2.08 bits per heavy atom. The number of hydrogen-bond acceptors (Lipinski definition) is 0. The van der Waals surface area contributed by atoms with Crippen LogP contribution in [0.4, 0.5) is 0 Å². The summed E-state index contributed by atoms with van der Waals surface area (Å²) in [5.41, 5.74) is 1.34. The van der Waals surface area contributed by atoms with Crippen LogP contribution < -0.4 is 0 Å². The Morgan fingerprint density at radius 3 is 2.50 bits per heavy atom. The van der Waals surface area contributed by atoms with E-state index in [1.807, 2.05) is 6.08 Å². The van der Waals surface area contributed by atoms with Crippen molar-refractivity contribution >= 4 is 0 Å². The average molecular weight is 164 g/mol. The van der Waals surface area contributed by atoms with Crippen LogP contribution >= 0.6 is 0 Å². The van der Waals surface area contributed by atoms with Crippen molar-refractivity contribution in [3.8, 4) is 0 Å². The van der Waals surface area contributed by atoms with Gasteiger partial charge >= 0.3 is 0 Å². The molecule has 1 atom stereocenters. The van der Waals surface area contributed by atoms with E-state index in [9.17, 15) is 0 Å². The monoisotopic (exact) mass is 164 g/mol. The van der Waals surface area contributed by atoms with E-state index in [0.29, 0.717) is 5.92 Å². The average Bonchev–Trinajstić information content (AvgIpc) is 2.11. The molecule has 0 aliphatic carbocycles. The van der Waals surface area contributed by atoms with Crippen LogP contribution in [0, 0.1) is 5.92 Å². The highest BCUT2D eigenvalue weighted by Gasteiger charge is 1.99. The molecule has 0 saturated carbocycles. The van der Waals surface area contributed by atoms with Gasteiger partial charge in [-0.1, -0.05) is 51.7 Å². The van der Waals surface area contributed by atoms with Crippen molar-refractivity contribution in [1.82, 2.24) is 0 Å². The second-order valence-corrected chi connectivity index (χ2v) is 3.02. The molecule has 0 bridgehead atoms. The standard InChI is InChI=1S/C12H20/c1-5-8-9-10-12(7-3)11(4)6-2/h7-11H,3,5-6H2,1-2,4H3/b9-8-,12-10+. The van der Waals surface area contributed by atoms with E-state index in [1.165, 1.54) is 12.0 Å². The van der Waals surface area contributed by atoms with E-state index in [-0.39, 0.29) is 0 Å². The minimum Gasteiger partial charge on any atom is -0.0988 e. The molecule has 0 saturated heterocycles. The summed E-state index contributed by atoms with van der Waals surface area (Å²) in [7, 11) is 0. The molecule has 0 aliphatic rings. The molecule has 0 aromatic carbocycles. The molecule has 0 heteroatoms. The molecular weight excluding hydrogens is 144 g/mol. The summed E-state index contributed by atoms with van der Waals surface area (Å²) in [6, 6.07) is 0. The van der Waals surface area contributed by atoms with Gasteiger partial charge in [0.2, 0.25) is 0 Å². The van der Waals surface area contributed by atoms with Gasteiger partial charge in [-0.2, -0.15) is 0 Å². The molecule has 0 spiro atoms. The Bertz CT molecular complexity index is 172. The molecule has 0 rings (SSSR count). The molecule has 0 amide bonds. The fourth-order valence-electron chi connectivity index (χ4n) is 0.984. The first-order chi connectivity index (χ1) is 5.76. The number of hydrogen-bond donors (Lipinski definition) is 0. The first-order valence-corrected chi connectivity index (χ1v) is 4.75. The molecule has 0 N–H and O–H groups in total. The van der Waals surface area contributed by atoms with Gasteiger partial charge in [0.15, 0.2) is 0 Å². The van der Waals surface area contributed by atoms with Crippen LogP contribution in [0.3, 0.4) is 0 Å². The summed E-state index contributed by atoms with van der Waals surface area (Å²) in [4.78, 5) is 0. The van der Waals surface area contributed by atoms with Gasteiger partial charge in [0.25, 0.3) is 0 Å². The van der Waals surface area contributed by atoms with Crippen molar-refractivity contribution in [2.24, 2.45) is 5.92 Å². The predicted molar refractivity (Wildman–Crippen MR) is 57.2 cm³/mol. The predicted octanol–water partition coefficient (Wildman–Crippen LogP) is 4.11. The van der Waals surface area contributed by atoms with Gasteiger partial charge in [0.1, 0.15) is 0 Å². The quantitative estimate of drug-likeness (QED) is 0.536. The van der Waals surface area contributed by atoms with Crippen LogP contribution in [0.2, 0.25) is 0 Å². The first-order valence-electron chi connectivity index (χ1n) is 4.75. The molecule has 0 fully saturated rings. The highest BCUT2D eigenvalue weighted by atomic mass is 14.0. The van der Waals surface area contributed by atoms with Crippen LogP contribution in [0.15, 0.2) is 36.5 Å². The zero-order valence-electron chi connectivity index (χ0n) is 8.51. The number of allylic oxidation sites excluding steroid dienone is 5. The molecule has 0 aliphatic heterocycles. The van der Waals surface area contributed by atoms with Crippen molar-refractivity contribution < 1.29 is 0 Å². The second kappa shape index (κ2) is 6.90. The minimum atomic E-state index is 0.629. The van der Waals surface area contributed by atoms with Crippen LogP contribution in [0.5, 0.6) is 0 Å². The maximum atomic E-state index is 3.81. The summed E-state index contributed by atoms with van der Waals surface area (Å²) in [5.74, 6) is 0.629. The maximum absolute atomic E-state index is 3.81. The van der Waals surface area contributed by atoms with Gasteiger partial charge in [-0.3, -0.25) is 0 Å². The smallest absolute Gasteiger partial charge is 0.0193 e. The number of rotatable bonds is 5. The van der Waals surface area contributed by atoms with Gasteiger partial charge in [-0.25, -0.2) is 0 Å². The van der Waals surface area contributed by atoms with Crippen molar-refractivity contribution in [3.05, 3.63) is 36.5 Å². The fraction of sp³-hybridized carbons (Fsp3) is 0.500. The van der Waals surface area contributed by atoms with Crippen molar-refractivity contribution in [2.45, 2.75) is 33.6 Å². The van der Waals surface area contributed by atoms with Crippen molar-refractivity contribution in [3.63, 3.8) is 0 Å². The molecule has 1 unspecified atom stereocenters. The summed E-state index contributed by atoms with van der Waals surface area (Å²) >= 11 is 0. The van der Waals surface area contributed by atoms with E-state index in [4.69, 9.17) is 0 Å². The molecule has 0 radical (unpaired) electrons. The van der Waals surface area contributed by atoms with Crippen LogP contribution in [-0.4, -0.2) is 0 Å². The van der Waals surface area contributed by atoms with Gasteiger partial charge in [0, 0.05) is 0 Å². The molecular formula is C12H20. The highest BCUT2D eigenvalue weighted by Crippen LogP contribution is 2.14. The van der Waals surface area contributed by atoms with E-state index in [2.05, 4.69) is 45.6 Å². The second-order valence-electron chi connectivity index (χ2n) is 3.02. The Labute approximate surface area is 76.7 Å². The molecule has 0 aromatic rings. The SMILES string of the molecule is C=C/C(=C\C=C/CC)C(C)CC. The van der Waals surface area contributed by atoms with Gasteiger partial charge in [0.05, 0.1) is 0 Å². The maximum Gasteiger partial charge on any atom is -0.0193 e. The molecule has 68 valence electrons. The topological polar surface area (TPSA) is 0 Å². The van der Waals surface area contributed by atoms with Crippen LogP contribution in [0.25, 0.3) is 0 Å². The first kappa shape index (κ1) is 11.2. The third kappa shape index (κ3) is 4.17. The molecule has 12 heavy (non-hydrogen) atoms. The normalized spacial score (nSPS) is 15.1. The Morgan fingerprint density at radius 1 is 1.42 bits per heavy atom. The Hall–Kier alpha value is -0.780.